The van der Waals surface area contributed by atoms with Crippen LogP contribution in [0.5, 0.6) is 17.2 Å². The molecule has 6 heteroatoms. The van der Waals surface area contributed by atoms with Gasteiger partial charge < -0.3 is 20.1 Å². The summed E-state index contributed by atoms with van der Waals surface area (Å²) in [6, 6.07) is 21.4. The molecule has 0 saturated carbocycles. The fourth-order valence-electron chi connectivity index (χ4n) is 2.66. The van der Waals surface area contributed by atoms with Gasteiger partial charge in [0, 0.05) is 11.3 Å². The molecule has 1 aliphatic heterocycles. The van der Waals surface area contributed by atoms with Gasteiger partial charge in [-0.1, -0.05) is 18.2 Å². The molecule has 3 aromatic rings. The zero-order valence-corrected chi connectivity index (χ0v) is 14.3. The maximum Gasteiger partial charge on any atom is 0.262 e. The molecule has 6 nitrogen and oxygen atoms in total. The molecule has 1 heterocycles. The first-order valence-electron chi connectivity index (χ1n) is 8.38. The molecule has 0 fully saturated rings. The summed E-state index contributed by atoms with van der Waals surface area (Å²) in [6.45, 7) is -0.00386. The second-order valence-electron chi connectivity index (χ2n) is 5.94. The molecular weight excluding hydrogens is 344 g/mol. The smallest absolute Gasteiger partial charge is 0.262 e. The average molecular weight is 360 g/mol. The predicted octanol–water partition coefficient (Wildman–Crippen LogP) is 4.06. The van der Waals surface area contributed by atoms with E-state index in [9.17, 15) is 9.59 Å². The molecule has 0 bridgehead atoms. The molecule has 4 rings (SSSR count). The van der Waals surface area contributed by atoms with Crippen molar-refractivity contribution in [3.63, 3.8) is 0 Å². The highest BCUT2D eigenvalue weighted by Crippen LogP contribution is 2.30. The van der Waals surface area contributed by atoms with Crippen LogP contribution in [0.4, 0.5) is 11.4 Å². The Bertz CT molecular complexity index is 985. The first kappa shape index (κ1) is 16.7. The number of para-hydroxylation sites is 1. The largest absolute Gasteiger partial charge is 0.482 e. The fourth-order valence-corrected chi connectivity index (χ4v) is 2.66. The highest BCUT2D eigenvalue weighted by Gasteiger charge is 2.16. The fraction of sp³-hybridized carbons (Fsp3) is 0.0476. The van der Waals surface area contributed by atoms with Crippen LogP contribution in [-0.2, 0) is 4.79 Å². The van der Waals surface area contributed by atoms with Crippen molar-refractivity contribution in [1.29, 1.82) is 0 Å². The van der Waals surface area contributed by atoms with Crippen LogP contribution in [-0.4, -0.2) is 18.4 Å². The molecule has 134 valence electrons. The summed E-state index contributed by atoms with van der Waals surface area (Å²) in [7, 11) is 0. The van der Waals surface area contributed by atoms with Crippen LogP contribution >= 0.6 is 0 Å². The molecule has 0 aliphatic carbocycles. The zero-order valence-electron chi connectivity index (χ0n) is 14.3. The number of amides is 2. The Hall–Kier alpha value is -3.80. The summed E-state index contributed by atoms with van der Waals surface area (Å²) in [5, 5.41) is 5.52. The van der Waals surface area contributed by atoms with Crippen molar-refractivity contribution in [2.24, 2.45) is 0 Å². The van der Waals surface area contributed by atoms with Gasteiger partial charge in [0.05, 0.1) is 5.69 Å². The summed E-state index contributed by atoms with van der Waals surface area (Å²) in [6.07, 6.45) is 0. The Kier molecular flexibility index (Phi) is 4.45. The van der Waals surface area contributed by atoms with Gasteiger partial charge >= 0.3 is 0 Å². The average Bonchev–Trinajstić information content (AvgIpc) is 2.69. The van der Waals surface area contributed by atoms with Gasteiger partial charge in [-0.25, -0.2) is 0 Å². The first-order valence-corrected chi connectivity index (χ1v) is 8.38. The Labute approximate surface area is 155 Å². The molecule has 2 amide bonds. The highest BCUT2D eigenvalue weighted by atomic mass is 16.5. The number of hydrogen-bond acceptors (Lipinski definition) is 4. The van der Waals surface area contributed by atoms with Gasteiger partial charge in [-0.3, -0.25) is 9.59 Å². The third kappa shape index (κ3) is 3.90. The standard InChI is InChI=1S/C21H16N2O4/c24-20-13-26-19-11-8-15(12-18(19)23-20)22-21(25)14-6-9-17(10-7-14)27-16-4-2-1-3-5-16/h1-12H,13H2,(H,22,25)(H,23,24). The third-order valence-corrected chi connectivity index (χ3v) is 3.97. The van der Waals surface area contributed by atoms with Crippen molar-refractivity contribution in [2.45, 2.75) is 0 Å². The lowest BCUT2D eigenvalue weighted by Crippen LogP contribution is -2.25. The number of hydrogen-bond donors (Lipinski definition) is 2. The monoisotopic (exact) mass is 360 g/mol. The molecule has 2 N–H and O–H groups in total. The number of fused-ring (bicyclic) bond motifs is 1. The van der Waals surface area contributed by atoms with Crippen LogP contribution in [0, 0.1) is 0 Å². The quantitative estimate of drug-likeness (QED) is 0.736. The summed E-state index contributed by atoms with van der Waals surface area (Å²) in [4.78, 5) is 23.9. The van der Waals surface area contributed by atoms with Crippen LogP contribution in [0.3, 0.4) is 0 Å². The van der Waals surface area contributed by atoms with Gasteiger partial charge in [0.15, 0.2) is 6.61 Å². The lowest BCUT2D eigenvalue weighted by molar-refractivity contribution is -0.118. The van der Waals surface area contributed by atoms with Gasteiger partial charge in [-0.05, 0) is 54.6 Å². The summed E-state index contributed by atoms with van der Waals surface area (Å²) < 4.78 is 11.0. The second kappa shape index (κ2) is 7.21. The van der Waals surface area contributed by atoms with E-state index in [0.717, 1.165) is 5.75 Å². The van der Waals surface area contributed by atoms with Crippen molar-refractivity contribution >= 4 is 23.2 Å². The molecule has 0 saturated heterocycles. The Morgan fingerprint density at radius 3 is 2.48 bits per heavy atom. The number of carbonyl (C=O) groups is 2. The minimum Gasteiger partial charge on any atom is -0.482 e. The number of anilines is 2. The molecule has 0 atom stereocenters. The van der Waals surface area contributed by atoms with Crippen LogP contribution < -0.4 is 20.1 Å². The lowest BCUT2D eigenvalue weighted by Gasteiger charge is -2.18. The molecule has 0 aromatic heterocycles. The van der Waals surface area contributed by atoms with E-state index >= 15 is 0 Å². The van der Waals surface area contributed by atoms with Gasteiger partial charge in [0.2, 0.25) is 0 Å². The Morgan fingerprint density at radius 1 is 0.963 bits per heavy atom. The molecule has 3 aromatic carbocycles. The molecule has 27 heavy (non-hydrogen) atoms. The number of carbonyl (C=O) groups excluding carboxylic acids is 2. The summed E-state index contributed by atoms with van der Waals surface area (Å²) in [5.74, 6) is 1.47. The van der Waals surface area contributed by atoms with E-state index in [2.05, 4.69) is 10.6 Å². The number of benzene rings is 3. The molecule has 0 unspecified atom stereocenters. The maximum absolute atomic E-state index is 12.4. The van der Waals surface area contributed by atoms with Crippen molar-refractivity contribution in [1.82, 2.24) is 0 Å². The van der Waals surface area contributed by atoms with Gasteiger partial charge in [-0.2, -0.15) is 0 Å². The maximum atomic E-state index is 12.4. The molecule has 0 radical (unpaired) electrons. The number of nitrogens with one attached hydrogen (secondary N) is 2. The summed E-state index contributed by atoms with van der Waals surface area (Å²) >= 11 is 0. The number of ether oxygens (including phenoxy) is 2. The third-order valence-electron chi connectivity index (χ3n) is 3.97. The summed E-state index contributed by atoms with van der Waals surface area (Å²) in [5.41, 5.74) is 1.60. The van der Waals surface area contributed by atoms with Crippen LogP contribution in [0.1, 0.15) is 10.4 Å². The predicted molar refractivity (Wildman–Crippen MR) is 101 cm³/mol. The molecule has 1 aliphatic rings. The minimum atomic E-state index is -0.260. The van der Waals surface area contributed by atoms with Crippen molar-refractivity contribution in [2.75, 3.05) is 17.2 Å². The van der Waals surface area contributed by atoms with E-state index in [0.29, 0.717) is 28.4 Å². The van der Waals surface area contributed by atoms with E-state index in [1.807, 2.05) is 30.3 Å². The molecular formula is C21H16N2O4. The van der Waals surface area contributed by atoms with E-state index in [1.165, 1.54) is 0 Å². The van der Waals surface area contributed by atoms with E-state index in [1.54, 1.807) is 42.5 Å². The van der Waals surface area contributed by atoms with Gasteiger partial charge in [-0.15, -0.1) is 0 Å². The van der Waals surface area contributed by atoms with Crippen LogP contribution in [0.15, 0.2) is 72.8 Å². The SMILES string of the molecule is O=C1COc2ccc(NC(=O)c3ccc(Oc4ccccc4)cc3)cc2N1. The topological polar surface area (TPSA) is 76.7 Å². The highest BCUT2D eigenvalue weighted by molar-refractivity contribution is 6.05. The van der Waals surface area contributed by atoms with Crippen molar-refractivity contribution < 1.29 is 19.1 Å². The molecule has 0 spiro atoms. The Balaban J connectivity index is 1.44. The van der Waals surface area contributed by atoms with Crippen molar-refractivity contribution in [3.05, 3.63) is 78.4 Å². The van der Waals surface area contributed by atoms with E-state index in [4.69, 9.17) is 9.47 Å². The van der Waals surface area contributed by atoms with Gasteiger partial charge in [0.1, 0.15) is 17.2 Å². The Morgan fingerprint density at radius 2 is 1.70 bits per heavy atom. The van der Waals surface area contributed by atoms with Crippen LogP contribution in [0.2, 0.25) is 0 Å². The van der Waals surface area contributed by atoms with E-state index < -0.39 is 0 Å². The lowest BCUT2D eigenvalue weighted by atomic mass is 10.2. The normalized spacial score (nSPS) is 12.4. The van der Waals surface area contributed by atoms with E-state index in [-0.39, 0.29) is 18.4 Å². The van der Waals surface area contributed by atoms with Gasteiger partial charge in [0.25, 0.3) is 11.8 Å². The minimum absolute atomic E-state index is 0.00386. The van der Waals surface area contributed by atoms with Crippen molar-refractivity contribution in [3.8, 4) is 17.2 Å². The number of rotatable bonds is 4. The van der Waals surface area contributed by atoms with Crippen LogP contribution in [0.25, 0.3) is 0 Å². The zero-order chi connectivity index (χ0) is 18.6. The second-order valence-corrected chi connectivity index (χ2v) is 5.94. The first-order chi connectivity index (χ1) is 13.2.